The number of hydrogen-bond donors (Lipinski definition) is 1. The average molecular weight is 509 g/mol. The van der Waals surface area contributed by atoms with Gasteiger partial charge in [0.2, 0.25) is 0 Å². The minimum Gasteiger partial charge on any atom is -0.406 e. The molecule has 0 radical (unpaired) electrons. The quantitative estimate of drug-likeness (QED) is 0.547. The molecule has 0 spiro atoms. The number of carbonyl (C=O) groups excluding carboxylic acids is 1. The first kappa shape index (κ1) is 24.6. The van der Waals surface area contributed by atoms with Crippen molar-refractivity contribution in [2.75, 3.05) is 34.8 Å². The Morgan fingerprint density at radius 2 is 1.77 bits per heavy atom. The number of amides is 1. The monoisotopic (exact) mass is 508 g/mol. The zero-order valence-electron chi connectivity index (χ0n) is 18.7. The number of rotatable bonds is 6. The fourth-order valence-electron chi connectivity index (χ4n) is 3.71. The summed E-state index contributed by atoms with van der Waals surface area (Å²) in [6.07, 6.45) is -4.79. The van der Waals surface area contributed by atoms with Crippen LogP contribution in [0.3, 0.4) is 0 Å². The Morgan fingerprint density at radius 3 is 2.43 bits per heavy atom. The molecular weight excluding hydrogens is 485 g/mol. The number of nitrogens with zero attached hydrogens (tertiary/aromatic N) is 3. The lowest BCUT2D eigenvalue weighted by Gasteiger charge is -2.29. The van der Waals surface area contributed by atoms with Crippen molar-refractivity contribution in [3.05, 3.63) is 71.5 Å². The standard InChI is InChI=1S/C23H23F3N4O4S/c1-16-13-21(22(31)27-18-5-7-20(8-6-18)34-23(24,25)26)28-30(16)15-17-3-2-4-19(14-17)29-9-11-35(32,33)12-10-29/h2-8,13-14H,9-12,15H2,1H3,(H,27,31). The van der Waals surface area contributed by atoms with Crippen LogP contribution in [-0.4, -0.2) is 55.1 Å². The lowest BCUT2D eigenvalue weighted by atomic mass is 10.2. The van der Waals surface area contributed by atoms with E-state index < -0.39 is 22.1 Å². The molecule has 1 aliphatic heterocycles. The fraction of sp³-hybridized carbons (Fsp3) is 0.304. The Morgan fingerprint density at radius 1 is 1.09 bits per heavy atom. The molecule has 0 bridgehead atoms. The molecule has 1 N–H and O–H groups in total. The number of benzene rings is 2. The van der Waals surface area contributed by atoms with E-state index in [0.29, 0.717) is 25.3 Å². The van der Waals surface area contributed by atoms with Gasteiger partial charge in [0.15, 0.2) is 15.5 Å². The van der Waals surface area contributed by atoms with Crippen molar-refractivity contribution in [1.82, 2.24) is 9.78 Å². The molecule has 1 fully saturated rings. The third-order valence-corrected chi connectivity index (χ3v) is 7.12. The van der Waals surface area contributed by atoms with Crippen molar-refractivity contribution in [2.24, 2.45) is 0 Å². The molecule has 186 valence electrons. The van der Waals surface area contributed by atoms with Crippen LogP contribution in [0.5, 0.6) is 5.75 Å². The van der Waals surface area contributed by atoms with Gasteiger partial charge in [0.1, 0.15) is 5.75 Å². The number of sulfone groups is 1. The molecule has 8 nitrogen and oxygen atoms in total. The number of aromatic nitrogens is 2. The van der Waals surface area contributed by atoms with E-state index in [1.165, 1.54) is 12.1 Å². The summed E-state index contributed by atoms with van der Waals surface area (Å²) < 4.78 is 65.7. The van der Waals surface area contributed by atoms with E-state index >= 15 is 0 Å². The van der Waals surface area contributed by atoms with Crippen molar-refractivity contribution in [3.8, 4) is 5.75 Å². The Hall–Kier alpha value is -3.54. The summed E-state index contributed by atoms with van der Waals surface area (Å²) in [6, 6.07) is 14.2. The molecule has 1 saturated heterocycles. The number of nitrogens with one attached hydrogen (secondary N) is 1. The largest absolute Gasteiger partial charge is 0.573 e. The molecule has 3 aromatic rings. The number of carbonyl (C=O) groups is 1. The highest BCUT2D eigenvalue weighted by Crippen LogP contribution is 2.24. The SMILES string of the molecule is Cc1cc(C(=O)Nc2ccc(OC(F)(F)F)cc2)nn1Cc1cccc(N2CCS(=O)(=O)CC2)c1. The minimum absolute atomic E-state index is 0.131. The first-order valence-corrected chi connectivity index (χ1v) is 12.6. The highest BCUT2D eigenvalue weighted by molar-refractivity contribution is 7.91. The summed E-state index contributed by atoms with van der Waals surface area (Å²) in [5.41, 5.74) is 3.08. The van der Waals surface area contributed by atoms with Crippen LogP contribution in [0.2, 0.25) is 0 Å². The van der Waals surface area contributed by atoms with Gasteiger partial charge < -0.3 is 15.0 Å². The van der Waals surface area contributed by atoms with Crippen molar-refractivity contribution in [1.29, 1.82) is 0 Å². The Balaban J connectivity index is 1.41. The van der Waals surface area contributed by atoms with Crippen LogP contribution in [0.1, 0.15) is 21.7 Å². The molecule has 12 heteroatoms. The van der Waals surface area contributed by atoms with Gasteiger partial charge in [0.05, 0.1) is 18.1 Å². The summed E-state index contributed by atoms with van der Waals surface area (Å²) in [7, 11) is -2.97. The van der Waals surface area contributed by atoms with Gasteiger partial charge in [-0.3, -0.25) is 9.48 Å². The Bertz CT molecular complexity index is 1310. The van der Waals surface area contributed by atoms with E-state index in [4.69, 9.17) is 0 Å². The van der Waals surface area contributed by atoms with E-state index in [2.05, 4.69) is 15.2 Å². The fourth-order valence-corrected chi connectivity index (χ4v) is 4.91. The maximum absolute atomic E-state index is 12.6. The first-order valence-electron chi connectivity index (χ1n) is 10.7. The summed E-state index contributed by atoms with van der Waals surface area (Å²) in [5.74, 6) is -0.624. The van der Waals surface area contributed by atoms with E-state index in [-0.39, 0.29) is 22.9 Å². The molecular formula is C23H23F3N4O4S. The van der Waals surface area contributed by atoms with Gasteiger partial charge in [-0.2, -0.15) is 5.10 Å². The normalized spacial score (nSPS) is 15.6. The summed E-state index contributed by atoms with van der Waals surface area (Å²) >= 11 is 0. The van der Waals surface area contributed by atoms with Crippen molar-refractivity contribution in [3.63, 3.8) is 0 Å². The zero-order valence-corrected chi connectivity index (χ0v) is 19.6. The molecule has 1 amide bonds. The van der Waals surface area contributed by atoms with Gasteiger partial charge in [-0.15, -0.1) is 13.2 Å². The third-order valence-electron chi connectivity index (χ3n) is 5.51. The molecule has 2 aromatic carbocycles. The van der Waals surface area contributed by atoms with E-state index in [0.717, 1.165) is 29.1 Å². The summed E-state index contributed by atoms with van der Waals surface area (Å²) in [6.45, 7) is 3.11. The highest BCUT2D eigenvalue weighted by Gasteiger charge is 2.31. The first-order chi connectivity index (χ1) is 16.5. The number of ether oxygens (including phenoxy) is 1. The molecule has 1 aliphatic rings. The van der Waals surface area contributed by atoms with Crippen molar-refractivity contribution < 1.29 is 31.1 Å². The zero-order chi connectivity index (χ0) is 25.2. The van der Waals surface area contributed by atoms with Gasteiger partial charge in [0.25, 0.3) is 5.91 Å². The number of alkyl halides is 3. The van der Waals surface area contributed by atoms with Crippen LogP contribution in [0.15, 0.2) is 54.6 Å². The Labute approximate surface area is 200 Å². The maximum atomic E-state index is 12.6. The third kappa shape index (κ3) is 6.53. The lowest BCUT2D eigenvalue weighted by molar-refractivity contribution is -0.274. The molecule has 1 aromatic heterocycles. The number of hydrogen-bond acceptors (Lipinski definition) is 6. The topological polar surface area (TPSA) is 93.5 Å². The summed E-state index contributed by atoms with van der Waals surface area (Å²) in [5, 5.41) is 6.97. The van der Waals surface area contributed by atoms with Crippen LogP contribution in [0.4, 0.5) is 24.5 Å². The van der Waals surface area contributed by atoms with E-state index in [1.54, 1.807) is 10.7 Å². The molecule has 0 atom stereocenters. The smallest absolute Gasteiger partial charge is 0.406 e. The van der Waals surface area contributed by atoms with Gasteiger partial charge in [-0.25, -0.2) is 8.42 Å². The summed E-state index contributed by atoms with van der Waals surface area (Å²) in [4.78, 5) is 14.6. The number of aryl methyl sites for hydroxylation is 1. The predicted octanol–water partition coefficient (Wildman–Crippen LogP) is 3.63. The van der Waals surface area contributed by atoms with E-state index in [1.807, 2.05) is 36.1 Å². The number of anilines is 2. The maximum Gasteiger partial charge on any atom is 0.573 e. The Kier molecular flexibility index (Phi) is 6.75. The average Bonchev–Trinajstić information content (AvgIpc) is 3.14. The second kappa shape index (κ2) is 9.61. The lowest BCUT2D eigenvalue weighted by Crippen LogP contribution is -2.40. The number of halogens is 3. The molecule has 4 rings (SSSR count). The van der Waals surface area contributed by atoms with Crippen molar-refractivity contribution >= 4 is 27.1 Å². The highest BCUT2D eigenvalue weighted by atomic mass is 32.2. The van der Waals surface area contributed by atoms with Crippen LogP contribution < -0.4 is 15.0 Å². The van der Waals surface area contributed by atoms with Crippen LogP contribution in [0, 0.1) is 6.92 Å². The molecule has 35 heavy (non-hydrogen) atoms. The molecule has 0 aliphatic carbocycles. The minimum atomic E-state index is -4.79. The van der Waals surface area contributed by atoms with E-state index in [9.17, 15) is 26.4 Å². The van der Waals surface area contributed by atoms with Crippen LogP contribution in [-0.2, 0) is 16.4 Å². The van der Waals surface area contributed by atoms with Gasteiger partial charge >= 0.3 is 6.36 Å². The second-order valence-corrected chi connectivity index (χ2v) is 10.5. The van der Waals surface area contributed by atoms with Gasteiger partial charge in [-0.1, -0.05) is 12.1 Å². The van der Waals surface area contributed by atoms with Crippen molar-refractivity contribution in [2.45, 2.75) is 19.8 Å². The molecule has 0 saturated carbocycles. The van der Waals surface area contributed by atoms with Gasteiger partial charge in [-0.05, 0) is 55.0 Å². The van der Waals surface area contributed by atoms with Gasteiger partial charge in [0, 0.05) is 30.2 Å². The van der Waals surface area contributed by atoms with Crippen LogP contribution in [0.25, 0.3) is 0 Å². The van der Waals surface area contributed by atoms with Crippen LogP contribution >= 0.6 is 0 Å². The predicted molar refractivity (Wildman–Crippen MR) is 124 cm³/mol. The molecule has 2 heterocycles. The second-order valence-electron chi connectivity index (χ2n) is 8.16. The molecule has 0 unspecified atom stereocenters.